The van der Waals surface area contributed by atoms with Gasteiger partial charge in [-0.05, 0) is 38.0 Å². The van der Waals surface area contributed by atoms with E-state index in [9.17, 15) is 5.11 Å². The third-order valence-electron chi connectivity index (χ3n) is 3.86. The fourth-order valence-corrected chi connectivity index (χ4v) is 2.64. The van der Waals surface area contributed by atoms with Crippen molar-refractivity contribution in [1.29, 1.82) is 0 Å². The second-order valence-electron chi connectivity index (χ2n) is 5.39. The first-order valence-corrected chi connectivity index (χ1v) is 7.21. The maximum atomic E-state index is 10.1. The van der Waals surface area contributed by atoms with E-state index in [1.54, 1.807) is 13.2 Å². The number of hydrogen-bond acceptors (Lipinski definition) is 3. The molecular weight excluding hydrogens is 262 g/mol. The van der Waals surface area contributed by atoms with Crippen molar-refractivity contribution in [3.8, 4) is 11.5 Å². The molecule has 0 spiro atoms. The van der Waals surface area contributed by atoms with Gasteiger partial charge in [-0.3, -0.25) is 0 Å². The standard InChI is InChI=1S/C18H23NO2/c1-12-7-5-6-8-16(12)13(2)19-14(3)17-10-9-15(21-4)11-18(17)20/h5-11,13-14,19-20H,1-4H3/t13-,14?/m0/s1. The molecule has 2 aromatic rings. The van der Waals surface area contributed by atoms with Gasteiger partial charge in [-0.1, -0.05) is 30.3 Å². The van der Waals surface area contributed by atoms with Crippen molar-refractivity contribution >= 4 is 0 Å². The molecule has 0 saturated carbocycles. The summed E-state index contributed by atoms with van der Waals surface area (Å²) in [6.45, 7) is 6.30. The molecule has 0 aliphatic carbocycles. The number of rotatable bonds is 5. The minimum Gasteiger partial charge on any atom is -0.507 e. The average Bonchev–Trinajstić information content (AvgIpc) is 2.47. The molecule has 2 rings (SSSR count). The molecule has 1 unspecified atom stereocenters. The smallest absolute Gasteiger partial charge is 0.124 e. The molecule has 21 heavy (non-hydrogen) atoms. The van der Waals surface area contributed by atoms with Crippen LogP contribution in [0.2, 0.25) is 0 Å². The second-order valence-corrected chi connectivity index (χ2v) is 5.39. The van der Waals surface area contributed by atoms with Crippen molar-refractivity contribution in [2.75, 3.05) is 7.11 Å². The van der Waals surface area contributed by atoms with E-state index in [2.05, 4.69) is 44.3 Å². The van der Waals surface area contributed by atoms with Crippen LogP contribution in [0.25, 0.3) is 0 Å². The van der Waals surface area contributed by atoms with Crippen LogP contribution in [0.3, 0.4) is 0 Å². The van der Waals surface area contributed by atoms with Crippen molar-refractivity contribution in [2.45, 2.75) is 32.9 Å². The molecule has 2 N–H and O–H groups in total. The van der Waals surface area contributed by atoms with E-state index in [-0.39, 0.29) is 17.8 Å². The molecule has 0 heterocycles. The lowest BCUT2D eigenvalue weighted by Gasteiger charge is -2.23. The molecule has 0 amide bonds. The second kappa shape index (κ2) is 6.64. The van der Waals surface area contributed by atoms with E-state index in [4.69, 9.17) is 4.74 Å². The Morgan fingerprint density at radius 3 is 2.29 bits per heavy atom. The van der Waals surface area contributed by atoms with Crippen molar-refractivity contribution < 1.29 is 9.84 Å². The molecule has 2 aromatic carbocycles. The molecule has 0 aliphatic rings. The quantitative estimate of drug-likeness (QED) is 0.868. The number of phenolic OH excluding ortho intramolecular Hbond substituents is 1. The van der Waals surface area contributed by atoms with Gasteiger partial charge >= 0.3 is 0 Å². The Morgan fingerprint density at radius 2 is 1.67 bits per heavy atom. The first-order valence-electron chi connectivity index (χ1n) is 7.21. The topological polar surface area (TPSA) is 41.5 Å². The minimum atomic E-state index is 0.0468. The van der Waals surface area contributed by atoms with Crippen molar-refractivity contribution in [3.63, 3.8) is 0 Å². The highest BCUT2D eigenvalue weighted by Gasteiger charge is 2.15. The predicted molar refractivity (Wildman–Crippen MR) is 85.8 cm³/mol. The molecule has 3 heteroatoms. The first kappa shape index (κ1) is 15.4. The maximum absolute atomic E-state index is 10.1. The number of nitrogens with one attached hydrogen (secondary N) is 1. The molecule has 0 fully saturated rings. The fourth-order valence-electron chi connectivity index (χ4n) is 2.64. The molecule has 0 aliphatic heterocycles. The van der Waals surface area contributed by atoms with E-state index >= 15 is 0 Å². The van der Waals surface area contributed by atoms with Gasteiger partial charge in [-0.15, -0.1) is 0 Å². The van der Waals surface area contributed by atoms with Gasteiger partial charge in [0.15, 0.2) is 0 Å². The number of ether oxygens (including phenoxy) is 1. The SMILES string of the molecule is COc1ccc(C(C)N[C@@H](C)c2ccccc2C)c(O)c1. The van der Waals surface area contributed by atoms with Crippen LogP contribution in [-0.2, 0) is 0 Å². The van der Waals surface area contributed by atoms with Gasteiger partial charge in [0, 0.05) is 23.7 Å². The Kier molecular flexibility index (Phi) is 4.86. The number of aryl methyl sites for hydroxylation is 1. The highest BCUT2D eigenvalue weighted by atomic mass is 16.5. The minimum absolute atomic E-state index is 0.0468. The zero-order chi connectivity index (χ0) is 15.4. The largest absolute Gasteiger partial charge is 0.507 e. The summed E-state index contributed by atoms with van der Waals surface area (Å²) in [5.74, 6) is 0.918. The van der Waals surface area contributed by atoms with Crippen LogP contribution in [0.4, 0.5) is 0 Å². The number of phenols is 1. The van der Waals surface area contributed by atoms with E-state index in [0.717, 1.165) is 5.56 Å². The first-order chi connectivity index (χ1) is 10.0. The van der Waals surface area contributed by atoms with Gasteiger partial charge in [0.05, 0.1) is 7.11 Å². The van der Waals surface area contributed by atoms with Gasteiger partial charge in [0.1, 0.15) is 11.5 Å². The van der Waals surface area contributed by atoms with Crippen molar-refractivity contribution in [3.05, 3.63) is 59.2 Å². The zero-order valence-electron chi connectivity index (χ0n) is 13.1. The maximum Gasteiger partial charge on any atom is 0.124 e. The molecule has 3 nitrogen and oxygen atoms in total. The summed E-state index contributed by atoms with van der Waals surface area (Å²) in [6.07, 6.45) is 0. The zero-order valence-corrected chi connectivity index (χ0v) is 13.1. The molecule has 0 saturated heterocycles. The van der Waals surface area contributed by atoms with Crippen LogP contribution in [0, 0.1) is 6.92 Å². The van der Waals surface area contributed by atoms with Crippen LogP contribution in [0.15, 0.2) is 42.5 Å². The Hall–Kier alpha value is -2.00. The van der Waals surface area contributed by atoms with E-state index in [1.807, 2.05) is 18.2 Å². The lowest BCUT2D eigenvalue weighted by molar-refractivity contribution is 0.402. The van der Waals surface area contributed by atoms with Crippen LogP contribution in [0.5, 0.6) is 11.5 Å². The monoisotopic (exact) mass is 285 g/mol. The summed E-state index contributed by atoms with van der Waals surface area (Å²) in [5.41, 5.74) is 3.41. The third-order valence-corrected chi connectivity index (χ3v) is 3.86. The van der Waals surface area contributed by atoms with Gasteiger partial charge in [0.2, 0.25) is 0 Å². The van der Waals surface area contributed by atoms with Crippen molar-refractivity contribution in [2.24, 2.45) is 0 Å². The Balaban J connectivity index is 2.14. The summed E-state index contributed by atoms with van der Waals surface area (Å²) < 4.78 is 5.12. The fraction of sp³-hybridized carbons (Fsp3) is 0.333. The average molecular weight is 285 g/mol. The van der Waals surface area contributed by atoms with Gasteiger partial charge in [0.25, 0.3) is 0 Å². The summed E-state index contributed by atoms with van der Waals surface area (Å²) in [4.78, 5) is 0. The highest BCUT2D eigenvalue weighted by Crippen LogP contribution is 2.30. The highest BCUT2D eigenvalue weighted by molar-refractivity contribution is 5.41. The lowest BCUT2D eigenvalue weighted by atomic mass is 10.00. The summed E-state index contributed by atoms with van der Waals surface area (Å²) in [5, 5.41) is 13.6. The molecule has 0 radical (unpaired) electrons. The van der Waals surface area contributed by atoms with Gasteiger partial charge in [-0.25, -0.2) is 0 Å². The third kappa shape index (κ3) is 3.56. The lowest BCUT2D eigenvalue weighted by Crippen LogP contribution is -2.23. The Morgan fingerprint density at radius 1 is 1.00 bits per heavy atom. The number of aromatic hydroxyl groups is 1. The van der Waals surface area contributed by atoms with Crippen LogP contribution in [-0.4, -0.2) is 12.2 Å². The normalized spacial score (nSPS) is 13.7. The molecular formula is C18H23NO2. The summed E-state index contributed by atoms with van der Waals surface area (Å²) in [6, 6.07) is 14.0. The van der Waals surface area contributed by atoms with Crippen LogP contribution in [0.1, 0.15) is 42.6 Å². The van der Waals surface area contributed by atoms with Crippen LogP contribution < -0.4 is 10.1 Å². The number of benzene rings is 2. The van der Waals surface area contributed by atoms with Gasteiger partial charge in [-0.2, -0.15) is 0 Å². The Labute approximate surface area is 126 Å². The van der Waals surface area contributed by atoms with E-state index < -0.39 is 0 Å². The molecule has 112 valence electrons. The molecule has 0 aromatic heterocycles. The number of methoxy groups -OCH3 is 1. The Bertz CT molecular complexity index is 610. The molecule has 2 atom stereocenters. The van der Waals surface area contributed by atoms with Crippen LogP contribution >= 0.6 is 0 Å². The van der Waals surface area contributed by atoms with E-state index in [0.29, 0.717) is 5.75 Å². The summed E-state index contributed by atoms with van der Waals surface area (Å²) >= 11 is 0. The number of hydrogen-bond donors (Lipinski definition) is 2. The molecule has 0 bridgehead atoms. The summed E-state index contributed by atoms with van der Waals surface area (Å²) in [7, 11) is 1.59. The van der Waals surface area contributed by atoms with E-state index in [1.165, 1.54) is 11.1 Å². The van der Waals surface area contributed by atoms with Crippen molar-refractivity contribution in [1.82, 2.24) is 5.32 Å². The predicted octanol–water partition coefficient (Wildman–Crippen LogP) is 4.12. The van der Waals surface area contributed by atoms with Gasteiger partial charge < -0.3 is 15.2 Å².